The summed E-state index contributed by atoms with van der Waals surface area (Å²) in [5.74, 6) is 0.730. The summed E-state index contributed by atoms with van der Waals surface area (Å²) in [4.78, 5) is 30.3. The molecule has 1 aromatic heterocycles. The minimum Gasteiger partial charge on any atom is -0.489 e. The van der Waals surface area contributed by atoms with Crippen molar-refractivity contribution in [2.24, 2.45) is 0 Å². The third kappa shape index (κ3) is 7.34. The van der Waals surface area contributed by atoms with E-state index in [2.05, 4.69) is 41.6 Å². The van der Waals surface area contributed by atoms with Crippen molar-refractivity contribution in [3.8, 4) is 5.75 Å². The molecule has 0 atom stereocenters. The lowest BCUT2D eigenvalue weighted by Gasteiger charge is -2.14. The number of carbonyl (C=O) groups excluding carboxylic acids is 2. The van der Waals surface area contributed by atoms with E-state index in [1.165, 1.54) is 23.1 Å². The van der Waals surface area contributed by atoms with E-state index in [4.69, 9.17) is 4.74 Å². The summed E-state index contributed by atoms with van der Waals surface area (Å²) in [6.07, 6.45) is 1.73. The molecule has 2 amide bonds. The van der Waals surface area contributed by atoms with Crippen LogP contribution in [0.25, 0.3) is 10.2 Å². The van der Waals surface area contributed by atoms with Gasteiger partial charge >= 0.3 is 0 Å². The lowest BCUT2D eigenvalue weighted by molar-refractivity contribution is -0.113. The zero-order chi connectivity index (χ0) is 28.6. The average molecular weight is 582 g/mol. The number of ether oxygens (including phenoxy) is 1. The molecule has 208 valence electrons. The molecule has 6 nitrogen and oxygen atoms in total. The first kappa shape index (κ1) is 28.4. The first-order valence-electron chi connectivity index (χ1n) is 13.5. The van der Waals surface area contributed by atoms with Crippen LogP contribution < -0.4 is 15.4 Å². The molecule has 0 fully saturated rings. The van der Waals surface area contributed by atoms with Crippen LogP contribution in [0, 0.1) is 0 Å². The molecule has 5 aromatic rings. The minimum absolute atomic E-state index is 0.0470. The number of nitrogens with zero attached hydrogens (tertiary/aromatic N) is 1. The molecule has 0 radical (unpaired) electrons. The molecule has 0 unspecified atom stereocenters. The molecule has 1 heterocycles. The molecule has 4 aromatic carbocycles. The number of hydrogen-bond acceptors (Lipinski definition) is 6. The average Bonchev–Trinajstić information content (AvgIpc) is 3.42. The van der Waals surface area contributed by atoms with Crippen molar-refractivity contribution in [3.63, 3.8) is 0 Å². The fraction of sp³-hybridized carbons (Fsp3) is 0.182. The van der Waals surface area contributed by atoms with Crippen molar-refractivity contribution in [2.45, 2.75) is 37.6 Å². The Kier molecular flexibility index (Phi) is 9.33. The van der Waals surface area contributed by atoms with E-state index < -0.39 is 0 Å². The van der Waals surface area contributed by atoms with Crippen LogP contribution in [0.15, 0.2) is 95.3 Å². The predicted octanol–water partition coefficient (Wildman–Crippen LogP) is 7.98. The van der Waals surface area contributed by atoms with Crippen LogP contribution in [0.4, 0.5) is 11.4 Å². The molecule has 0 spiro atoms. The Morgan fingerprint density at radius 3 is 2.29 bits per heavy atom. The molecule has 0 bridgehead atoms. The second kappa shape index (κ2) is 13.5. The Balaban J connectivity index is 1.17. The van der Waals surface area contributed by atoms with Crippen LogP contribution in [0.3, 0.4) is 0 Å². The Morgan fingerprint density at radius 2 is 1.59 bits per heavy atom. The zero-order valence-corrected chi connectivity index (χ0v) is 24.6. The molecule has 0 saturated carbocycles. The van der Waals surface area contributed by atoms with E-state index in [0.717, 1.165) is 49.8 Å². The fourth-order valence-corrected chi connectivity index (χ4v) is 6.30. The molecule has 0 aliphatic rings. The largest absolute Gasteiger partial charge is 0.489 e. The normalized spacial score (nSPS) is 10.9. The maximum absolute atomic E-state index is 12.9. The number of thioether (sulfide) groups is 1. The van der Waals surface area contributed by atoms with E-state index in [-0.39, 0.29) is 17.6 Å². The summed E-state index contributed by atoms with van der Waals surface area (Å²) >= 11 is 2.92. The number of thiazole rings is 1. The van der Waals surface area contributed by atoms with E-state index in [9.17, 15) is 9.59 Å². The van der Waals surface area contributed by atoms with E-state index in [1.54, 1.807) is 24.3 Å². The highest BCUT2D eigenvalue weighted by atomic mass is 32.2. The van der Waals surface area contributed by atoms with Gasteiger partial charge in [0.2, 0.25) is 5.91 Å². The van der Waals surface area contributed by atoms with Gasteiger partial charge in [0.15, 0.2) is 4.34 Å². The zero-order valence-electron chi connectivity index (χ0n) is 23.0. The Labute approximate surface area is 248 Å². The number of hydrogen-bond donors (Lipinski definition) is 2. The second-order valence-electron chi connectivity index (χ2n) is 9.41. The van der Waals surface area contributed by atoms with E-state index in [0.29, 0.717) is 23.6 Å². The highest BCUT2D eigenvalue weighted by Crippen LogP contribution is 2.32. The molecule has 2 N–H and O–H groups in total. The number of aryl methyl sites for hydroxylation is 2. The lowest BCUT2D eigenvalue weighted by atomic mass is 10.0. The minimum atomic E-state index is -0.200. The van der Waals surface area contributed by atoms with Crippen LogP contribution in [-0.2, 0) is 24.2 Å². The Hall–Kier alpha value is -4.14. The van der Waals surface area contributed by atoms with Crippen molar-refractivity contribution >= 4 is 56.5 Å². The Morgan fingerprint density at radius 1 is 0.854 bits per heavy atom. The van der Waals surface area contributed by atoms with Gasteiger partial charge in [0.05, 0.1) is 16.0 Å². The topological polar surface area (TPSA) is 80.3 Å². The lowest BCUT2D eigenvalue weighted by Crippen LogP contribution is -2.16. The van der Waals surface area contributed by atoms with Gasteiger partial charge in [0.1, 0.15) is 12.4 Å². The number of nitrogens with one attached hydrogen (secondary N) is 2. The van der Waals surface area contributed by atoms with Crippen molar-refractivity contribution in [1.29, 1.82) is 0 Å². The monoisotopic (exact) mass is 581 g/mol. The van der Waals surface area contributed by atoms with Gasteiger partial charge in [-0.15, -0.1) is 11.3 Å². The van der Waals surface area contributed by atoms with Crippen molar-refractivity contribution in [3.05, 3.63) is 113 Å². The quantitative estimate of drug-likeness (QED) is 0.155. The number of fused-ring (bicyclic) bond motifs is 1. The number of aromatic nitrogens is 1. The van der Waals surface area contributed by atoms with Gasteiger partial charge in [0.25, 0.3) is 5.91 Å². The number of carbonyl (C=O) groups is 2. The van der Waals surface area contributed by atoms with Gasteiger partial charge in [0, 0.05) is 16.9 Å². The predicted molar refractivity (Wildman–Crippen MR) is 169 cm³/mol. The molecular weight excluding hydrogens is 551 g/mol. The highest BCUT2D eigenvalue weighted by Gasteiger charge is 2.13. The summed E-state index contributed by atoms with van der Waals surface area (Å²) in [5, 5.41) is 6.08. The number of rotatable bonds is 11. The summed E-state index contributed by atoms with van der Waals surface area (Å²) in [5.41, 5.74) is 6.37. The second-order valence-corrected chi connectivity index (χ2v) is 11.7. The molecular formula is C33H31N3O3S2. The number of benzene rings is 4. The summed E-state index contributed by atoms with van der Waals surface area (Å²) in [6.45, 7) is 4.66. The number of amides is 2. The van der Waals surface area contributed by atoms with Crippen LogP contribution >= 0.6 is 23.1 Å². The first-order valence-corrected chi connectivity index (χ1v) is 15.3. The maximum atomic E-state index is 12.9. The number of para-hydroxylation sites is 1. The molecule has 0 aliphatic carbocycles. The third-order valence-corrected chi connectivity index (χ3v) is 8.74. The van der Waals surface area contributed by atoms with Crippen LogP contribution in [0.1, 0.15) is 40.9 Å². The van der Waals surface area contributed by atoms with Gasteiger partial charge in [-0.2, -0.15) is 0 Å². The van der Waals surface area contributed by atoms with Gasteiger partial charge in [-0.25, -0.2) is 4.98 Å². The van der Waals surface area contributed by atoms with Crippen molar-refractivity contribution in [1.82, 2.24) is 4.98 Å². The van der Waals surface area contributed by atoms with Gasteiger partial charge < -0.3 is 15.4 Å². The summed E-state index contributed by atoms with van der Waals surface area (Å²) < 4.78 is 7.57. The van der Waals surface area contributed by atoms with Gasteiger partial charge in [-0.05, 0) is 72.0 Å². The fourth-order valence-electron chi connectivity index (χ4n) is 4.40. The molecule has 0 saturated heterocycles. The molecule has 41 heavy (non-hydrogen) atoms. The van der Waals surface area contributed by atoms with Crippen LogP contribution in [-0.4, -0.2) is 22.6 Å². The van der Waals surface area contributed by atoms with Gasteiger partial charge in [-0.1, -0.05) is 74.1 Å². The first-order chi connectivity index (χ1) is 20.0. The molecule has 8 heteroatoms. The smallest absolute Gasteiger partial charge is 0.255 e. The number of anilines is 2. The maximum Gasteiger partial charge on any atom is 0.255 e. The van der Waals surface area contributed by atoms with E-state index >= 15 is 0 Å². The Bertz CT molecular complexity index is 1630. The summed E-state index contributed by atoms with van der Waals surface area (Å²) in [6, 6.07) is 28.8. The van der Waals surface area contributed by atoms with Crippen LogP contribution in [0.2, 0.25) is 0 Å². The van der Waals surface area contributed by atoms with Gasteiger partial charge in [-0.3, -0.25) is 9.59 Å². The van der Waals surface area contributed by atoms with Crippen molar-refractivity contribution < 1.29 is 14.3 Å². The summed E-state index contributed by atoms with van der Waals surface area (Å²) in [7, 11) is 0. The molecule has 0 aliphatic heterocycles. The van der Waals surface area contributed by atoms with Crippen LogP contribution in [0.5, 0.6) is 5.75 Å². The highest BCUT2D eigenvalue weighted by molar-refractivity contribution is 8.01. The van der Waals surface area contributed by atoms with E-state index in [1.807, 2.05) is 54.6 Å². The molecule has 5 rings (SSSR count). The third-order valence-electron chi connectivity index (χ3n) is 6.58. The standard InChI is InChI=1S/C33H31N3O3S2/c1-3-23-11-8-12-24(4-2)31(23)36-30(37)21-40-33-35-28-18-15-26(19-29(28)41-33)34-32(38)25-13-16-27(17-14-25)39-20-22-9-6-5-7-10-22/h5-19H,3-4,20-21H2,1-2H3,(H,34,38)(H,36,37). The SMILES string of the molecule is CCc1cccc(CC)c1NC(=O)CSc1nc2ccc(NC(=O)c3ccc(OCc4ccccc4)cc3)cc2s1. The van der Waals surface area contributed by atoms with Crippen molar-refractivity contribution in [2.75, 3.05) is 16.4 Å².